The van der Waals surface area contributed by atoms with E-state index in [-0.39, 0.29) is 5.91 Å². The Balaban J connectivity index is 1.53. The van der Waals surface area contributed by atoms with Gasteiger partial charge in [0.05, 0.1) is 5.71 Å². The fraction of sp³-hybridized carbons (Fsp3) is 0. The molecule has 31 heavy (non-hydrogen) atoms. The Morgan fingerprint density at radius 2 is 1.16 bits per heavy atom. The zero-order valence-corrected chi connectivity index (χ0v) is 17.0. The average molecular weight is 402 g/mol. The van der Waals surface area contributed by atoms with Crippen LogP contribution in [0.15, 0.2) is 126 Å². The van der Waals surface area contributed by atoms with Gasteiger partial charge in [-0.2, -0.15) is 5.10 Å². The van der Waals surface area contributed by atoms with Crippen LogP contribution in [0.25, 0.3) is 17.2 Å². The first-order valence-corrected chi connectivity index (χ1v) is 10.1. The minimum absolute atomic E-state index is 0.249. The third-order valence-corrected chi connectivity index (χ3v) is 4.83. The third-order valence-electron chi connectivity index (χ3n) is 4.83. The molecule has 3 heteroatoms. The van der Waals surface area contributed by atoms with E-state index in [4.69, 9.17) is 0 Å². The maximum Gasteiger partial charge on any atom is 0.271 e. The maximum absolute atomic E-state index is 12.7. The molecular weight excluding hydrogens is 380 g/mol. The highest BCUT2D eigenvalue weighted by molar-refractivity contribution is 6.11. The number of rotatable bonds is 6. The van der Waals surface area contributed by atoms with Crippen LogP contribution in [0.1, 0.15) is 21.5 Å². The molecule has 4 aromatic carbocycles. The normalized spacial score (nSPS) is 11.4. The van der Waals surface area contributed by atoms with Crippen molar-refractivity contribution >= 4 is 17.7 Å². The lowest BCUT2D eigenvalue weighted by molar-refractivity contribution is 0.0955. The summed E-state index contributed by atoms with van der Waals surface area (Å²) < 4.78 is 0. The Labute approximate surface area is 182 Å². The number of benzene rings is 4. The van der Waals surface area contributed by atoms with Gasteiger partial charge in [0.25, 0.3) is 5.91 Å². The lowest BCUT2D eigenvalue weighted by atomic mass is 10.0. The molecule has 0 fully saturated rings. The van der Waals surface area contributed by atoms with E-state index in [0.29, 0.717) is 11.3 Å². The standard InChI is InChI=1S/C28H22N2O/c31-28(26-19-17-24(18-20-26)23-12-6-2-7-13-23)30-29-27(25-14-8-3-9-15-25)21-16-22-10-4-1-5-11-22/h1-21H,(H,30,31)/b21-16+,29-27-. The van der Waals surface area contributed by atoms with E-state index in [1.165, 1.54) is 0 Å². The Hall–Kier alpha value is -4.24. The van der Waals surface area contributed by atoms with Gasteiger partial charge in [0.1, 0.15) is 0 Å². The molecule has 0 atom stereocenters. The number of hydrogen-bond acceptors (Lipinski definition) is 2. The van der Waals surface area contributed by atoms with Crippen molar-refractivity contribution < 1.29 is 4.79 Å². The van der Waals surface area contributed by atoms with Crippen molar-refractivity contribution in [2.75, 3.05) is 0 Å². The smallest absolute Gasteiger partial charge is 0.267 e. The molecule has 4 aromatic rings. The molecule has 4 rings (SSSR count). The van der Waals surface area contributed by atoms with Crippen molar-refractivity contribution in [3.63, 3.8) is 0 Å². The minimum Gasteiger partial charge on any atom is -0.267 e. The van der Waals surface area contributed by atoms with E-state index < -0.39 is 0 Å². The highest BCUT2D eigenvalue weighted by Gasteiger charge is 2.06. The number of amides is 1. The van der Waals surface area contributed by atoms with Crippen LogP contribution in [0, 0.1) is 0 Å². The summed E-state index contributed by atoms with van der Waals surface area (Å²) in [5.74, 6) is -0.249. The summed E-state index contributed by atoms with van der Waals surface area (Å²) in [5, 5.41) is 4.40. The molecule has 1 N–H and O–H groups in total. The summed E-state index contributed by atoms with van der Waals surface area (Å²) >= 11 is 0. The molecule has 1 amide bonds. The van der Waals surface area contributed by atoms with Gasteiger partial charge in [-0.1, -0.05) is 109 Å². The molecular formula is C28H22N2O. The van der Waals surface area contributed by atoms with E-state index in [9.17, 15) is 4.79 Å². The van der Waals surface area contributed by atoms with Crippen LogP contribution < -0.4 is 5.43 Å². The Morgan fingerprint density at radius 1 is 0.613 bits per heavy atom. The molecule has 0 saturated heterocycles. The number of allylic oxidation sites excluding steroid dienone is 1. The number of carbonyl (C=O) groups excluding carboxylic acids is 1. The first-order valence-electron chi connectivity index (χ1n) is 10.1. The zero-order chi connectivity index (χ0) is 21.3. The molecule has 0 aliphatic heterocycles. The molecule has 0 heterocycles. The third kappa shape index (κ3) is 5.43. The molecule has 0 aliphatic carbocycles. The number of hydrogen-bond donors (Lipinski definition) is 1. The molecule has 0 spiro atoms. The van der Waals surface area contributed by atoms with Crippen LogP contribution >= 0.6 is 0 Å². The van der Waals surface area contributed by atoms with E-state index >= 15 is 0 Å². The Kier molecular flexibility index (Phi) is 6.46. The van der Waals surface area contributed by atoms with Crippen molar-refractivity contribution in [1.82, 2.24) is 5.43 Å². The molecule has 0 bridgehead atoms. The van der Waals surface area contributed by atoms with E-state index in [0.717, 1.165) is 22.3 Å². The van der Waals surface area contributed by atoms with Gasteiger partial charge < -0.3 is 0 Å². The van der Waals surface area contributed by atoms with Crippen LogP contribution in [0.2, 0.25) is 0 Å². The maximum atomic E-state index is 12.7. The van der Waals surface area contributed by atoms with Gasteiger partial charge in [-0.05, 0) is 34.9 Å². The lowest BCUT2D eigenvalue weighted by Gasteiger charge is -2.06. The van der Waals surface area contributed by atoms with Gasteiger partial charge in [0.2, 0.25) is 0 Å². The topological polar surface area (TPSA) is 41.5 Å². The van der Waals surface area contributed by atoms with Gasteiger partial charge in [-0.25, -0.2) is 5.43 Å². The van der Waals surface area contributed by atoms with Gasteiger partial charge in [0.15, 0.2) is 0 Å². The van der Waals surface area contributed by atoms with Gasteiger partial charge in [0, 0.05) is 11.1 Å². The Bertz CT molecular complexity index is 1180. The highest BCUT2D eigenvalue weighted by atomic mass is 16.2. The summed E-state index contributed by atoms with van der Waals surface area (Å²) in [4.78, 5) is 12.7. The van der Waals surface area contributed by atoms with Crippen LogP contribution in [-0.2, 0) is 0 Å². The summed E-state index contributed by atoms with van der Waals surface area (Å²) in [5.41, 5.74) is 8.10. The van der Waals surface area contributed by atoms with Crippen molar-refractivity contribution in [2.24, 2.45) is 5.10 Å². The SMILES string of the molecule is O=C(N/N=C(/C=C/c1ccccc1)c1ccccc1)c1ccc(-c2ccccc2)cc1. The molecule has 0 aromatic heterocycles. The second kappa shape index (κ2) is 9.99. The Morgan fingerprint density at radius 3 is 1.81 bits per heavy atom. The van der Waals surface area contributed by atoms with Crippen molar-refractivity contribution in [3.05, 3.63) is 138 Å². The molecule has 150 valence electrons. The minimum atomic E-state index is -0.249. The predicted molar refractivity (Wildman–Crippen MR) is 128 cm³/mol. The lowest BCUT2D eigenvalue weighted by Crippen LogP contribution is -2.19. The monoisotopic (exact) mass is 402 g/mol. The first kappa shape index (κ1) is 20.0. The molecule has 3 nitrogen and oxygen atoms in total. The predicted octanol–water partition coefficient (Wildman–Crippen LogP) is 6.20. The second-order valence-corrected chi connectivity index (χ2v) is 6.99. The first-order chi connectivity index (χ1) is 15.3. The molecule has 0 aliphatic rings. The summed E-state index contributed by atoms with van der Waals surface area (Å²) in [6.45, 7) is 0. The summed E-state index contributed by atoms with van der Waals surface area (Å²) in [6, 6.07) is 37.4. The largest absolute Gasteiger partial charge is 0.271 e. The van der Waals surface area contributed by atoms with Crippen molar-refractivity contribution in [1.29, 1.82) is 0 Å². The molecule has 0 radical (unpaired) electrons. The number of hydrazone groups is 1. The van der Waals surface area contributed by atoms with Gasteiger partial charge in [-0.15, -0.1) is 0 Å². The van der Waals surface area contributed by atoms with Gasteiger partial charge in [-0.3, -0.25) is 4.79 Å². The van der Waals surface area contributed by atoms with Gasteiger partial charge >= 0.3 is 0 Å². The second-order valence-electron chi connectivity index (χ2n) is 6.99. The summed E-state index contributed by atoms with van der Waals surface area (Å²) in [6.07, 6.45) is 3.89. The van der Waals surface area contributed by atoms with E-state index in [1.807, 2.05) is 127 Å². The van der Waals surface area contributed by atoms with Crippen molar-refractivity contribution in [3.8, 4) is 11.1 Å². The van der Waals surface area contributed by atoms with E-state index in [1.54, 1.807) is 0 Å². The number of nitrogens with zero attached hydrogens (tertiary/aromatic N) is 1. The van der Waals surface area contributed by atoms with Crippen LogP contribution in [0.4, 0.5) is 0 Å². The molecule has 0 unspecified atom stereocenters. The van der Waals surface area contributed by atoms with E-state index in [2.05, 4.69) is 10.5 Å². The average Bonchev–Trinajstić information content (AvgIpc) is 2.86. The van der Waals surface area contributed by atoms with Crippen LogP contribution in [-0.4, -0.2) is 11.6 Å². The zero-order valence-electron chi connectivity index (χ0n) is 17.0. The number of nitrogens with one attached hydrogen (secondary N) is 1. The number of carbonyl (C=O) groups is 1. The quantitative estimate of drug-likeness (QED) is 0.303. The van der Waals surface area contributed by atoms with Crippen molar-refractivity contribution in [2.45, 2.75) is 0 Å². The van der Waals surface area contributed by atoms with Crippen LogP contribution in [0.3, 0.4) is 0 Å². The molecule has 0 saturated carbocycles. The van der Waals surface area contributed by atoms with Crippen LogP contribution in [0.5, 0.6) is 0 Å². The fourth-order valence-corrected chi connectivity index (χ4v) is 3.17. The summed E-state index contributed by atoms with van der Waals surface area (Å²) in [7, 11) is 0. The fourth-order valence-electron chi connectivity index (χ4n) is 3.17. The highest BCUT2D eigenvalue weighted by Crippen LogP contribution is 2.19.